The molecule has 0 N–H and O–H groups in total. The summed E-state index contributed by atoms with van der Waals surface area (Å²) in [6, 6.07) is 67.7. The summed E-state index contributed by atoms with van der Waals surface area (Å²) < 4.78 is 20.0. The summed E-state index contributed by atoms with van der Waals surface area (Å²) >= 11 is 0. The van der Waals surface area contributed by atoms with Gasteiger partial charge in [-0.1, -0.05) is 109 Å². The van der Waals surface area contributed by atoms with Crippen molar-refractivity contribution in [1.29, 1.82) is 0 Å². The van der Waals surface area contributed by atoms with E-state index in [4.69, 9.17) is 13.3 Å². The number of para-hydroxylation sites is 4. The van der Waals surface area contributed by atoms with Crippen molar-refractivity contribution in [3.8, 4) is 0 Å². The Balaban J connectivity index is 1.23. The second-order valence-corrected chi connectivity index (χ2v) is 14.5. The first-order valence-corrected chi connectivity index (χ1v) is 19.2. The van der Waals surface area contributed by atoms with Gasteiger partial charge in [-0.15, -0.1) is 0 Å². The number of anilines is 6. The van der Waals surface area contributed by atoms with Crippen LogP contribution in [0.15, 0.2) is 207 Å². The SMILES string of the molecule is c1ccc(N(c2cc(N(c3ccccc3)c3cccc4oc5ccccc5c34)c3oc4cc5ccccc5cc4c3c2)c2cccc3oc4ccccc4c23)cc1. The monoisotopic (exact) mass is 732 g/mol. The predicted octanol–water partition coefficient (Wildman–Crippen LogP) is 15.5. The summed E-state index contributed by atoms with van der Waals surface area (Å²) in [5, 5.41) is 8.55. The molecule has 3 aromatic heterocycles. The van der Waals surface area contributed by atoms with E-state index in [2.05, 4.69) is 174 Å². The van der Waals surface area contributed by atoms with Gasteiger partial charge in [0.2, 0.25) is 0 Å². The first-order chi connectivity index (χ1) is 28.3. The van der Waals surface area contributed by atoms with E-state index in [0.717, 1.165) is 111 Å². The zero-order chi connectivity index (χ0) is 37.5. The molecule has 0 aliphatic carbocycles. The molecule has 0 unspecified atom stereocenters. The van der Waals surface area contributed by atoms with Crippen molar-refractivity contribution in [3.05, 3.63) is 194 Å². The smallest absolute Gasteiger partial charge is 0.159 e. The lowest BCUT2D eigenvalue weighted by atomic mass is 10.0. The van der Waals surface area contributed by atoms with Crippen LogP contribution in [0.4, 0.5) is 34.1 Å². The Labute approximate surface area is 326 Å². The second-order valence-electron chi connectivity index (χ2n) is 14.5. The van der Waals surface area contributed by atoms with Crippen LogP contribution in [0.1, 0.15) is 0 Å². The average molecular weight is 733 g/mol. The van der Waals surface area contributed by atoms with E-state index in [9.17, 15) is 0 Å². The topological polar surface area (TPSA) is 45.9 Å². The minimum atomic E-state index is 0.790. The first-order valence-electron chi connectivity index (χ1n) is 19.2. The zero-order valence-electron chi connectivity index (χ0n) is 30.6. The summed E-state index contributed by atoms with van der Waals surface area (Å²) in [6.45, 7) is 0. The van der Waals surface area contributed by atoms with Crippen LogP contribution in [0.25, 0.3) is 76.6 Å². The van der Waals surface area contributed by atoms with E-state index < -0.39 is 0 Å². The maximum atomic E-state index is 7.06. The van der Waals surface area contributed by atoms with E-state index in [0.29, 0.717) is 0 Å². The fourth-order valence-corrected chi connectivity index (χ4v) is 8.70. The Morgan fingerprint density at radius 2 is 0.789 bits per heavy atom. The van der Waals surface area contributed by atoms with Crippen LogP contribution in [0.2, 0.25) is 0 Å². The molecular formula is C52H32N2O3. The molecule has 0 radical (unpaired) electrons. The Hall–Kier alpha value is -7.76. The molecule has 12 rings (SSSR count). The standard InChI is InChI=1S/C52H32N2O3/c1-3-17-35(18-4-1)53(42-23-13-27-47-50(42)38-21-9-11-25-45(38)55-47)37-31-41-40-29-33-15-7-8-16-34(33)30-49(40)57-52(41)44(32-37)54(36-19-5-2-6-20-36)43-24-14-28-48-51(43)39-22-10-12-26-46(39)56-48/h1-32H. The highest BCUT2D eigenvalue weighted by atomic mass is 16.3. The third kappa shape index (κ3) is 4.89. The molecule has 5 nitrogen and oxygen atoms in total. The minimum Gasteiger partial charge on any atom is -0.456 e. The van der Waals surface area contributed by atoms with Crippen molar-refractivity contribution >= 4 is 111 Å². The third-order valence-electron chi connectivity index (χ3n) is 11.2. The molecule has 5 heteroatoms. The molecule has 268 valence electrons. The van der Waals surface area contributed by atoms with Crippen LogP contribution >= 0.6 is 0 Å². The molecular weight excluding hydrogens is 701 g/mol. The maximum Gasteiger partial charge on any atom is 0.159 e. The number of hydrogen-bond donors (Lipinski definition) is 0. The highest BCUT2D eigenvalue weighted by Gasteiger charge is 2.27. The van der Waals surface area contributed by atoms with Crippen molar-refractivity contribution in [2.75, 3.05) is 9.80 Å². The van der Waals surface area contributed by atoms with Crippen molar-refractivity contribution in [3.63, 3.8) is 0 Å². The molecule has 0 aliphatic rings. The van der Waals surface area contributed by atoms with E-state index in [1.165, 1.54) is 0 Å². The van der Waals surface area contributed by atoms with Gasteiger partial charge in [0.05, 0.1) is 27.8 Å². The zero-order valence-corrected chi connectivity index (χ0v) is 30.6. The van der Waals surface area contributed by atoms with Gasteiger partial charge in [-0.05, 0) is 95.7 Å². The van der Waals surface area contributed by atoms with Gasteiger partial charge in [-0.25, -0.2) is 0 Å². The normalized spacial score (nSPS) is 11.9. The summed E-state index contributed by atoms with van der Waals surface area (Å²) in [6.07, 6.45) is 0. The Morgan fingerprint density at radius 3 is 1.42 bits per heavy atom. The molecule has 0 fully saturated rings. The molecule has 9 aromatic carbocycles. The van der Waals surface area contributed by atoms with Crippen LogP contribution in [-0.4, -0.2) is 0 Å². The summed E-state index contributed by atoms with van der Waals surface area (Å²) in [7, 11) is 0. The Bertz CT molecular complexity index is 3490. The molecule has 0 atom stereocenters. The molecule has 57 heavy (non-hydrogen) atoms. The largest absolute Gasteiger partial charge is 0.456 e. The van der Waals surface area contributed by atoms with Gasteiger partial charge >= 0.3 is 0 Å². The quantitative estimate of drug-likeness (QED) is 0.170. The predicted molar refractivity (Wildman–Crippen MR) is 235 cm³/mol. The van der Waals surface area contributed by atoms with Gasteiger partial charge in [0, 0.05) is 38.6 Å². The highest BCUT2D eigenvalue weighted by molar-refractivity contribution is 6.19. The third-order valence-corrected chi connectivity index (χ3v) is 11.2. The highest BCUT2D eigenvalue weighted by Crippen LogP contribution is 2.51. The molecule has 0 spiro atoms. The lowest BCUT2D eigenvalue weighted by Gasteiger charge is -2.30. The fraction of sp³-hybridized carbons (Fsp3) is 0. The van der Waals surface area contributed by atoms with Crippen LogP contribution in [0.5, 0.6) is 0 Å². The first kappa shape index (κ1) is 31.6. The van der Waals surface area contributed by atoms with E-state index in [1.54, 1.807) is 0 Å². The van der Waals surface area contributed by atoms with Gasteiger partial charge in [0.1, 0.15) is 27.9 Å². The van der Waals surface area contributed by atoms with Gasteiger partial charge in [0.25, 0.3) is 0 Å². The molecule has 0 bridgehead atoms. The number of benzene rings is 9. The van der Waals surface area contributed by atoms with E-state index >= 15 is 0 Å². The van der Waals surface area contributed by atoms with Crippen LogP contribution in [0, 0.1) is 0 Å². The average Bonchev–Trinajstić information content (AvgIpc) is 3.96. The number of rotatable bonds is 6. The minimum absolute atomic E-state index is 0.790. The number of furan rings is 3. The van der Waals surface area contributed by atoms with Crippen molar-refractivity contribution in [2.24, 2.45) is 0 Å². The van der Waals surface area contributed by atoms with Crippen LogP contribution < -0.4 is 9.80 Å². The lowest BCUT2D eigenvalue weighted by molar-refractivity contribution is 0.668. The Morgan fingerprint density at radius 1 is 0.281 bits per heavy atom. The van der Waals surface area contributed by atoms with Gasteiger partial charge < -0.3 is 23.1 Å². The molecule has 0 amide bonds. The van der Waals surface area contributed by atoms with Crippen molar-refractivity contribution in [2.45, 2.75) is 0 Å². The Kier molecular flexibility index (Phi) is 6.86. The van der Waals surface area contributed by atoms with Gasteiger partial charge in [0.15, 0.2) is 5.58 Å². The maximum absolute atomic E-state index is 7.06. The van der Waals surface area contributed by atoms with E-state index in [1.807, 2.05) is 30.3 Å². The number of hydrogen-bond acceptors (Lipinski definition) is 5. The molecule has 0 saturated heterocycles. The molecule has 0 saturated carbocycles. The second kappa shape index (κ2) is 12.4. The molecule has 0 aliphatic heterocycles. The van der Waals surface area contributed by atoms with Crippen molar-refractivity contribution < 1.29 is 13.3 Å². The molecule has 12 aromatic rings. The van der Waals surface area contributed by atoms with Gasteiger partial charge in [-0.2, -0.15) is 0 Å². The van der Waals surface area contributed by atoms with Crippen molar-refractivity contribution in [1.82, 2.24) is 0 Å². The summed E-state index contributed by atoms with van der Waals surface area (Å²) in [5.74, 6) is 0. The summed E-state index contributed by atoms with van der Waals surface area (Å²) in [5.41, 5.74) is 10.9. The van der Waals surface area contributed by atoms with E-state index in [-0.39, 0.29) is 0 Å². The number of nitrogens with zero attached hydrogens (tertiary/aromatic N) is 2. The lowest BCUT2D eigenvalue weighted by Crippen LogP contribution is -2.14. The fourth-order valence-electron chi connectivity index (χ4n) is 8.70. The molecule has 3 heterocycles. The summed E-state index contributed by atoms with van der Waals surface area (Å²) in [4.78, 5) is 4.68. The van der Waals surface area contributed by atoms with Gasteiger partial charge in [-0.3, -0.25) is 0 Å². The number of fused-ring (bicyclic) bond motifs is 10. The van der Waals surface area contributed by atoms with Crippen LogP contribution in [0.3, 0.4) is 0 Å². The van der Waals surface area contributed by atoms with Crippen LogP contribution in [-0.2, 0) is 0 Å².